The van der Waals surface area contributed by atoms with E-state index in [-0.39, 0.29) is 17.2 Å². The van der Waals surface area contributed by atoms with Crippen molar-refractivity contribution in [3.63, 3.8) is 0 Å². The molecule has 0 saturated heterocycles. The number of amides is 1. The highest BCUT2D eigenvalue weighted by atomic mass is 19.1. The van der Waals surface area contributed by atoms with Gasteiger partial charge in [-0.3, -0.25) is 4.79 Å². The number of carbonyl (C=O) groups excluding carboxylic acids is 1. The number of aryl methyl sites for hydroxylation is 1. The minimum absolute atomic E-state index is 0.108. The second-order valence-electron chi connectivity index (χ2n) is 4.56. The predicted octanol–water partition coefficient (Wildman–Crippen LogP) is 1.84. The lowest BCUT2D eigenvalue weighted by Gasteiger charge is -2.16. The first kappa shape index (κ1) is 15.0. The summed E-state index contributed by atoms with van der Waals surface area (Å²) in [6.07, 6.45) is 0.470. The monoisotopic (exact) mass is 293 g/mol. The van der Waals surface area contributed by atoms with Crippen molar-refractivity contribution in [2.75, 3.05) is 20.7 Å². The zero-order chi connectivity index (χ0) is 15.4. The number of nitrogens with zero attached hydrogens (tertiary/aromatic N) is 3. The van der Waals surface area contributed by atoms with Crippen molar-refractivity contribution in [2.45, 2.75) is 13.3 Å². The third kappa shape index (κ3) is 3.56. The Hall–Kier alpha value is -2.44. The third-order valence-corrected chi connectivity index (χ3v) is 2.99. The first-order chi connectivity index (χ1) is 10.0. The molecular formula is C14H16FN3O3. The van der Waals surface area contributed by atoms with E-state index in [1.54, 1.807) is 14.0 Å². The summed E-state index contributed by atoms with van der Waals surface area (Å²) in [5.74, 6) is 0.281. The lowest BCUT2D eigenvalue weighted by Crippen LogP contribution is -2.29. The Labute approximate surface area is 121 Å². The van der Waals surface area contributed by atoms with E-state index >= 15 is 0 Å². The minimum Gasteiger partial charge on any atom is -0.494 e. The molecular weight excluding hydrogens is 277 g/mol. The summed E-state index contributed by atoms with van der Waals surface area (Å²) in [7, 11) is 3.01. The number of halogens is 1. The molecule has 0 N–H and O–H groups in total. The van der Waals surface area contributed by atoms with Crippen LogP contribution in [0.15, 0.2) is 22.7 Å². The van der Waals surface area contributed by atoms with Crippen LogP contribution in [0.2, 0.25) is 0 Å². The largest absolute Gasteiger partial charge is 0.494 e. The second kappa shape index (κ2) is 6.34. The molecule has 112 valence electrons. The molecule has 1 aromatic heterocycles. The lowest BCUT2D eigenvalue weighted by atomic mass is 10.2. The summed E-state index contributed by atoms with van der Waals surface area (Å²) in [6, 6.07) is 4.12. The number of benzene rings is 1. The maximum atomic E-state index is 13.6. The van der Waals surface area contributed by atoms with Crippen LogP contribution in [0.25, 0.3) is 0 Å². The van der Waals surface area contributed by atoms with E-state index in [1.165, 1.54) is 24.1 Å². The molecule has 0 radical (unpaired) electrons. The van der Waals surface area contributed by atoms with E-state index in [0.29, 0.717) is 24.7 Å². The molecule has 7 heteroatoms. The Morgan fingerprint density at radius 2 is 2.24 bits per heavy atom. The molecule has 0 atom stereocenters. The molecule has 0 aliphatic heterocycles. The van der Waals surface area contributed by atoms with Crippen LogP contribution in [0.3, 0.4) is 0 Å². The zero-order valence-corrected chi connectivity index (χ0v) is 12.1. The molecule has 0 saturated carbocycles. The topological polar surface area (TPSA) is 68.5 Å². The number of rotatable bonds is 5. The summed E-state index contributed by atoms with van der Waals surface area (Å²) >= 11 is 0. The number of hydrogen-bond donors (Lipinski definition) is 0. The van der Waals surface area contributed by atoms with Crippen molar-refractivity contribution >= 4 is 5.91 Å². The number of aromatic nitrogens is 2. The van der Waals surface area contributed by atoms with Gasteiger partial charge in [0.1, 0.15) is 0 Å². The first-order valence-electron chi connectivity index (χ1n) is 6.39. The van der Waals surface area contributed by atoms with Gasteiger partial charge in [-0.2, -0.15) is 4.98 Å². The Morgan fingerprint density at radius 3 is 2.81 bits per heavy atom. The summed E-state index contributed by atoms with van der Waals surface area (Å²) in [4.78, 5) is 17.7. The highest BCUT2D eigenvalue weighted by molar-refractivity contribution is 5.94. The molecule has 0 unspecified atom stereocenters. The Kier molecular flexibility index (Phi) is 4.52. The molecule has 21 heavy (non-hydrogen) atoms. The van der Waals surface area contributed by atoms with Gasteiger partial charge in [-0.05, 0) is 18.2 Å². The number of ether oxygens (including phenoxy) is 1. The normalized spacial score (nSPS) is 10.5. The van der Waals surface area contributed by atoms with Crippen LogP contribution in [0.4, 0.5) is 4.39 Å². The highest BCUT2D eigenvalue weighted by Crippen LogP contribution is 2.18. The molecule has 1 aromatic carbocycles. The van der Waals surface area contributed by atoms with Crippen molar-refractivity contribution in [3.8, 4) is 5.75 Å². The van der Waals surface area contributed by atoms with Crippen LogP contribution in [-0.2, 0) is 6.42 Å². The maximum Gasteiger partial charge on any atom is 0.253 e. The van der Waals surface area contributed by atoms with Crippen LogP contribution in [0.1, 0.15) is 22.1 Å². The smallest absolute Gasteiger partial charge is 0.253 e. The fourth-order valence-corrected chi connectivity index (χ4v) is 1.83. The highest BCUT2D eigenvalue weighted by Gasteiger charge is 2.15. The van der Waals surface area contributed by atoms with Gasteiger partial charge in [0.05, 0.1) is 7.11 Å². The third-order valence-electron chi connectivity index (χ3n) is 2.99. The molecule has 0 spiro atoms. The van der Waals surface area contributed by atoms with Gasteiger partial charge < -0.3 is 14.2 Å². The number of hydrogen-bond acceptors (Lipinski definition) is 5. The van der Waals surface area contributed by atoms with Crippen molar-refractivity contribution in [1.29, 1.82) is 0 Å². The van der Waals surface area contributed by atoms with Crippen LogP contribution >= 0.6 is 0 Å². The molecule has 0 fully saturated rings. The van der Waals surface area contributed by atoms with E-state index in [2.05, 4.69) is 10.1 Å². The number of likely N-dealkylation sites (N-methyl/N-ethyl adjacent to an activating group) is 1. The fraction of sp³-hybridized carbons (Fsp3) is 0.357. The minimum atomic E-state index is -0.564. The van der Waals surface area contributed by atoms with Crippen LogP contribution in [-0.4, -0.2) is 41.6 Å². The SMILES string of the molecule is COc1ccc(C(=O)N(C)CCc2noc(C)n2)cc1F. The maximum absolute atomic E-state index is 13.6. The van der Waals surface area contributed by atoms with Crippen LogP contribution in [0.5, 0.6) is 5.75 Å². The molecule has 0 aliphatic rings. The first-order valence-corrected chi connectivity index (χ1v) is 6.39. The molecule has 0 aliphatic carbocycles. The van der Waals surface area contributed by atoms with Gasteiger partial charge in [0.25, 0.3) is 5.91 Å². The number of methoxy groups -OCH3 is 1. The fourth-order valence-electron chi connectivity index (χ4n) is 1.83. The van der Waals surface area contributed by atoms with Gasteiger partial charge in [-0.25, -0.2) is 4.39 Å². The Morgan fingerprint density at radius 1 is 1.48 bits per heavy atom. The van der Waals surface area contributed by atoms with Gasteiger partial charge >= 0.3 is 0 Å². The molecule has 1 heterocycles. The average molecular weight is 293 g/mol. The van der Waals surface area contributed by atoms with Crippen LogP contribution < -0.4 is 4.74 Å². The number of carbonyl (C=O) groups is 1. The summed E-state index contributed by atoms with van der Waals surface area (Å²) in [6.45, 7) is 2.11. The standard InChI is InChI=1S/C14H16FN3O3/c1-9-16-13(17-21-9)6-7-18(2)14(19)10-4-5-12(20-3)11(15)8-10/h4-5,8H,6-7H2,1-3H3. The zero-order valence-electron chi connectivity index (χ0n) is 12.1. The molecule has 6 nitrogen and oxygen atoms in total. The molecule has 2 rings (SSSR count). The molecule has 1 amide bonds. The van der Waals surface area contributed by atoms with Crippen molar-refractivity contribution in [1.82, 2.24) is 15.0 Å². The van der Waals surface area contributed by atoms with E-state index in [1.807, 2.05) is 0 Å². The quantitative estimate of drug-likeness (QED) is 0.841. The summed E-state index contributed by atoms with van der Waals surface area (Å²) in [5.41, 5.74) is 0.264. The van der Waals surface area contributed by atoms with E-state index < -0.39 is 5.82 Å². The summed E-state index contributed by atoms with van der Waals surface area (Å²) in [5, 5.41) is 3.76. The van der Waals surface area contributed by atoms with Gasteiger partial charge in [0, 0.05) is 32.5 Å². The van der Waals surface area contributed by atoms with E-state index in [9.17, 15) is 9.18 Å². The van der Waals surface area contributed by atoms with Crippen molar-refractivity contribution in [3.05, 3.63) is 41.3 Å². The van der Waals surface area contributed by atoms with E-state index in [0.717, 1.165) is 6.07 Å². The van der Waals surface area contributed by atoms with Gasteiger partial charge in [0.15, 0.2) is 17.4 Å². The predicted molar refractivity (Wildman–Crippen MR) is 72.7 cm³/mol. The second-order valence-corrected chi connectivity index (χ2v) is 4.56. The van der Waals surface area contributed by atoms with Crippen LogP contribution in [0, 0.1) is 12.7 Å². The van der Waals surface area contributed by atoms with Gasteiger partial charge in [-0.15, -0.1) is 0 Å². The summed E-state index contributed by atoms with van der Waals surface area (Å²) < 4.78 is 23.3. The Bertz CT molecular complexity index is 642. The average Bonchev–Trinajstić information content (AvgIpc) is 2.89. The van der Waals surface area contributed by atoms with Crippen molar-refractivity contribution in [2.24, 2.45) is 0 Å². The van der Waals surface area contributed by atoms with Crippen molar-refractivity contribution < 1.29 is 18.4 Å². The van der Waals surface area contributed by atoms with Gasteiger partial charge in [-0.1, -0.05) is 5.16 Å². The Balaban J connectivity index is 2.00. The lowest BCUT2D eigenvalue weighted by molar-refractivity contribution is 0.0795. The van der Waals surface area contributed by atoms with Gasteiger partial charge in [0.2, 0.25) is 5.89 Å². The molecule has 2 aromatic rings. The molecule has 0 bridgehead atoms. The van der Waals surface area contributed by atoms with E-state index in [4.69, 9.17) is 9.26 Å².